The summed E-state index contributed by atoms with van der Waals surface area (Å²) in [5, 5.41) is 6.01. The summed E-state index contributed by atoms with van der Waals surface area (Å²) in [5.41, 5.74) is 0.664. The second-order valence-electron chi connectivity index (χ2n) is 3.12. The number of nitrogens with zero attached hydrogens (tertiary/aromatic N) is 1. The highest BCUT2D eigenvalue weighted by atomic mass is 16.6. The number of rotatable bonds is 3. The van der Waals surface area contributed by atoms with Crippen LogP contribution in [0.15, 0.2) is 35.4 Å². The second-order valence-corrected chi connectivity index (χ2v) is 3.12. The highest BCUT2D eigenvalue weighted by Gasteiger charge is 2.09. The van der Waals surface area contributed by atoms with Crippen molar-refractivity contribution in [3.05, 3.63) is 35.9 Å². The molecule has 0 atom stereocenters. The van der Waals surface area contributed by atoms with Crippen molar-refractivity contribution in [2.75, 3.05) is 6.54 Å². The van der Waals surface area contributed by atoms with Crippen LogP contribution in [0.5, 0.6) is 0 Å². The Labute approximate surface area is 94.3 Å². The number of nitrogens with one attached hydrogen (secondary N) is 1. The smallest absolute Gasteiger partial charge is 0.389 e. The Morgan fingerprint density at radius 1 is 1.44 bits per heavy atom. The number of amides is 1. The van der Waals surface area contributed by atoms with Crippen molar-refractivity contribution in [1.29, 1.82) is 0 Å². The fourth-order valence-corrected chi connectivity index (χ4v) is 1.09. The van der Waals surface area contributed by atoms with E-state index in [1.165, 1.54) is 0 Å². The molecule has 0 heterocycles. The van der Waals surface area contributed by atoms with Gasteiger partial charge >= 0.3 is 6.09 Å². The molecule has 1 aromatic rings. The van der Waals surface area contributed by atoms with Gasteiger partial charge in [0.1, 0.15) is 0 Å². The van der Waals surface area contributed by atoms with Crippen LogP contribution in [0.3, 0.4) is 0 Å². The van der Waals surface area contributed by atoms with Crippen molar-refractivity contribution < 1.29 is 9.53 Å². The highest BCUT2D eigenvalue weighted by molar-refractivity contribution is 5.99. The summed E-state index contributed by atoms with van der Waals surface area (Å²) in [6, 6.07) is 9.01. The van der Waals surface area contributed by atoms with Crippen LogP contribution < -0.4 is 11.2 Å². The molecular formula is C11H15N3O2. The lowest BCUT2D eigenvalue weighted by Crippen LogP contribution is -2.28. The third-order valence-corrected chi connectivity index (χ3v) is 1.85. The standard InChI is InChI=1S/C11H15N3O2/c1-2-8-13-11(15)16-10(14-12)9-6-4-3-5-7-9/h3-7H,2,8,12H2,1H3,(H,13,15). The number of benzene rings is 1. The molecular weight excluding hydrogens is 206 g/mol. The van der Waals surface area contributed by atoms with Gasteiger partial charge in [0.15, 0.2) is 0 Å². The number of ether oxygens (including phenoxy) is 1. The molecule has 0 bridgehead atoms. The number of alkyl carbamates (subject to hydrolysis) is 1. The number of hydrogen-bond acceptors (Lipinski definition) is 4. The van der Waals surface area contributed by atoms with E-state index >= 15 is 0 Å². The lowest BCUT2D eigenvalue weighted by molar-refractivity contribution is 0.197. The lowest BCUT2D eigenvalue weighted by atomic mass is 10.2. The van der Waals surface area contributed by atoms with E-state index in [1.54, 1.807) is 12.1 Å². The molecule has 5 heteroatoms. The topological polar surface area (TPSA) is 76.7 Å². The van der Waals surface area contributed by atoms with E-state index in [0.717, 1.165) is 6.42 Å². The minimum absolute atomic E-state index is 0.106. The van der Waals surface area contributed by atoms with E-state index in [-0.39, 0.29) is 5.90 Å². The van der Waals surface area contributed by atoms with Crippen molar-refractivity contribution in [3.63, 3.8) is 0 Å². The maximum atomic E-state index is 11.3. The van der Waals surface area contributed by atoms with Gasteiger partial charge in [-0.2, -0.15) is 0 Å². The average molecular weight is 221 g/mol. The zero-order valence-electron chi connectivity index (χ0n) is 9.14. The van der Waals surface area contributed by atoms with Crippen LogP contribution in [0.1, 0.15) is 18.9 Å². The maximum absolute atomic E-state index is 11.3. The van der Waals surface area contributed by atoms with Crippen molar-refractivity contribution in [3.8, 4) is 0 Å². The van der Waals surface area contributed by atoms with E-state index in [9.17, 15) is 4.79 Å². The van der Waals surface area contributed by atoms with Gasteiger partial charge in [0.05, 0.1) is 0 Å². The quantitative estimate of drug-likeness (QED) is 0.351. The first-order valence-electron chi connectivity index (χ1n) is 5.07. The number of carbonyl (C=O) groups excluding carboxylic acids is 1. The Morgan fingerprint density at radius 2 is 2.12 bits per heavy atom. The van der Waals surface area contributed by atoms with Gasteiger partial charge in [-0.1, -0.05) is 25.1 Å². The lowest BCUT2D eigenvalue weighted by Gasteiger charge is -2.07. The third kappa shape index (κ3) is 3.61. The molecule has 16 heavy (non-hydrogen) atoms. The Kier molecular flexibility index (Phi) is 4.85. The van der Waals surface area contributed by atoms with Crippen molar-refractivity contribution in [2.24, 2.45) is 10.9 Å². The molecule has 1 amide bonds. The van der Waals surface area contributed by atoms with Gasteiger partial charge in [0.25, 0.3) is 0 Å². The van der Waals surface area contributed by atoms with Crippen molar-refractivity contribution in [1.82, 2.24) is 5.32 Å². The van der Waals surface area contributed by atoms with Crippen LogP contribution in [-0.4, -0.2) is 18.5 Å². The van der Waals surface area contributed by atoms with Crippen LogP contribution in [-0.2, 0) is 4.74 Å². The first-order chi connectivity index (χ1) is 7.77. The third-order valence-electron chi connectivity index (χ3n) is 1.85. The molecule has 0 unspecified atom stereocenters. The zero-order valence-corrected chi connectivity index (χ0v) is 9.14. The van der Waals surface area contributed by atoms with Crippen molar-refractivity contribution in [2.45, 2.75) is 13.3 Å². The van der Waals surface area contributed by atoms with Gasteiger partial charge in [-0.15, -0.1) is 5.10 Å². The summed E-state index contributed by atoms with van der Waals surface area (Å²) in [6.45, 7) is 2.51. The molecule has 0 fully saturated rings. The second kappa shape index (κ2) is 6.44. The van der Waals surface area contributed by atoms with Gasteiger partial charge in [-0.3, -0.25) is 0 Å². The van der Waals surface area contributed by atoms with Gasteiger partial charge in [0, 0.05) is 12.1 Å². The fraction of sp³-hybridized carbons (Fsp3) is 0.273. The summed E-state index contributed by atoms with van der Waals surface area (Å²) in [6.07, 6.45) is 0.296. The maximum Gasteiger partial charge on any atom is 0.414 e. The number of carbonyl (C=O) groups is 1. The van der Waals surface area contributed by atoms with Crippen LogP contribution in [0.25, 0.3) is 0 Å². The molecule has 1 aromatic carbocycles. The van der Waals surface area contributed by atoms with E-state index in [2.05, 4.69) is 10.4 Å². The Bertz CT molecular complexity index is 363. The fourth-order valence-electron chi connectivity index (χ4n) is 1.09. The van der Waals surface area contributed by atoms with Crippen LogP contribution in [0.2, 0.25) is 0 Å². The summed E-state index contributed by atoms with van der Waals surface area (Å²) < 4.78 is 4.96. The summed E-state index contributed by atoms with van der Waals surface area (Å²) in [5.74, 6) is 5.27. The molecule has 0 aliphatic heterocycles. The Hall–Kier alpha value is -2.04. The minimum atomic E-state index is -0.546. The SMILES string of the molecule is CCCNC(=O)OC(=NN)c1ccccc1. The first kappa shape index (κ1) is 12.0. The average Bonchev–Trinajstić information content (AvgIpc) is 2.34. The normalized spacial score (nSPS) is 10.9. The van der Waals surface area contributed by atoms with E-state index in [1.807, 2.05) is 25.1 Å². The monoisotopic (exact) mass is 221 g/mol. The molecule has 0 saturated heterocycles. The molecule has 0 aliphatic carbocycles. The molecule has 3 N–H and O–H groups in total. The molecule has 0 aliphatic rings. The predicted octanol–water partition coefficient (Wildman–Crippen LogP) is 1.44. The van der Waals surface area contributed by atoms with E-state index < -0.39 is 6.09 Å². The van der Waals surface area contributed by atoms with Gasteiger partial charge < -0.3 is 15.9 Å². The van der Waals surface area contributed by atoms with Gasteiger partial charge in [-0.05, 0) is 18.6 Å². The van der Waals surface area contributed by atoms with E-state index in [4.69, 9.17) is 10.6 Å². The van der Waals surface area contributed by atoms with Gasteiger partial charge in [0.2, 0.25) is 5.90 Å². The summed E-state index contributed by atoms with van der Waals surface area (Å²) in [4.78, 5) is 11.3. The minimum Gasteiger partial charge on any atom is -0.389 e. The predicted molar refractivity (Wildman–Crippen MR) is 61.9 cm³/mol. The van der Waals surface area contributed by atoms with Gasteiger partial charge in [-0.25, -0.2) is 4.79 Å². The number of hydrogen-bond donors (Lipinski definition) is 2. The van der Waals surface area contributed by atoms with E-state index in [0.29, 0.717) is 12.1 Å². The molecule has 0 spiro atoms. The van der Waals surface area contributed by atoms with Crippen molar-refractivity contribution >= 4 is 12.0 Å². The van der Waals surface area contributed by atoms with Crippen LogP contribution in [0.4, 0.5) is 4.79 Å². The molecule has 0 aromatic heterocycles. The molecule has 1 rings (SSSR count). The molecule has 0 saturated carbocycles. The first-order valence-corrected chi connectivity index (χ1v) is 5.07. The highest BCUT2D eigenvalue weighted by Crippen LogP contribution is 2.02. The summed E-state index contributed by atoms with van der Waals surface area (Å²) >= 11 is 0. The number of nitrogens with two attached hydrogens (primary N) is 1. The Morgan fingerprint density at radius 3 is 2.69 bits per heavy atom. The zero-order chi connectivity index (χ0) is 11.8. The van der Waals surface area contributed by atoms with Crippen LogP contribution >= 0.6 is 0 Å². The Balaban J connectivity index is 2.61. The molecule has 0 radical (unpaired) electrons. The summed E-state index contributed by atoms with van der Waals surface area (Å²) in [7, 11) is 0. The molecule has 5 nitrogen and oxygen atoms in total. The number of hydrazone groups is 1. The molecule has 86 valence electrons. The van der Waals surface area contributed by atoms with Crippen LogP contribution in [0, 0.1) is 0 Å². The largest absolute Gasteiger partial charge is 0.414 e.